The molecule has 33 heavy (non-hydrogen) atoms. The van der Waals surface area contributed by atoms with Gasteiger partial charge in [-0.1, -0.05) is 50.8 Å². The van der Waals surface area contributed by atoms with Crippen molar-refractivity contribution < 1.29 is 17.9 Å². The quantitative estimate of drug-likeness (QED) is 0.509. The summed E-state index contributed by atoms with van der Waals surface area (Å²) in [6.45, 7) is 3.79. The number of unbranched alkanes of at least 4 members (excludes halogenated alkanes) is 1. The van der Waals surface area contributed by atoms with Gasteiger partial charge in [-0.3, -0.25) is 4.79 Å². The van der Waals surface area contributed by atoms with Crippen molar-refractivity contribution in [3.63, 3.8) is 0 Å². The molecule has 0 spiro atoms. The van der Waals surface area contributed by atoms with E-state index in [4.69, 9.17) is 4.74 Å². The van der Waals surface area contributed by atoms with E-state index in [-0.39, 0.29) is 23.4 Å². The number of nitrogens with zero attached hydrogens (tertiary/aromatic N) is 1. The summed E-state index contributed by atoms with van der Waals surface area (Å²) in [5.74, 6) is -0.0402. The summed E-state index contributed by atoms with van der Waals surface area (Å²) in [4.78, 5) is 13.1. The number of carbonyl (C=O) groups excluding carboxylic acids is 1. The number of hydrogen-bond donors (Lipinski definition) is 1. The molecule has 1 aliphatic rings. The number of amides is 1. The van der Waals surface area contributed by atoms with Gasteiger partial charge in [-0.25, -0.2) is 8.42 Å². The average Bonchev–Trinajstić information content (AvgIpc) is 2.82. The lowest BCUT2D eigenvalue weighted by Gasteiger charge is -2.33. The van der Waals surface area contributed by atoms with Crippen LogP contribution in [0, 0.1) is 6.92 Å². The monoisotopic (exact) mass is 472 g/mol. The van der Waals surface area contributed by atoms with E-state index in [1.807, 2.05) is 37.3 Å². The van der Waals surface area contributed by atoms with Crippen LogP contribution in [-0.2, 0) is 21.2 Å². The molecule has 1 saturated carbocycles. The Morgan fingerprint density at radius 2 is 1.79 bits per heavy atom. The van der Waals surface area contributed by atoms with Gasteiger partial charge in [0.1, 0.15) is 10.6 Å². The normalized spacial score (nSPS) is 14.9. The van der Waals surface area contributed by atoms with Gasteiger partial charge in [0.05, 0.1) is 13.7 Å². The van der Waals surface area contributed by atoms with E-state index in [2.05, 4.69) is 12.2 Å². The van der Waals surface area contributed by atoms with Gasteiger partial charge < -0.3 is 10.1 Å². The lowest BCUT2D eigenvalue weighted by atomic mass is 9.95. The predicted molar refractivity (Wildman–Crippen MR) is 132 cm³/mol. The van der Waals surface area contributed by atoms with Crippen LogP contribution in [0.25, 0.3) is 0 Å². The van der Waals surface area contributed by atoms with Crippen molar-refractivity contribution in [2.24, 2.45) is 0 Å². The number of methoxy groups -OCH3 is 1. The highest BCUT2D eigenvalue weighted by molar-refractivity contribution is 7.89. The van der Waals surface area contributed by atoms with Crippen LogP contribution in [-0.4, -0.2) is 38.3 Å². The summed E-state index contributed by atoms with van der Waals surface area (Å²) in [6.07, 6.45) is 7.80. The Labute approximate surface area is 198 Å². The van der Waals surface area contributed by atoms with E-state index in [0.29, 0.717) is 11.4 Å². The van der Waals surface area contributed by atoms with Crippen molar-refractivity contribution in [3.8, 4) is 5.75 Å². The standard InChI is InChI=1S/C26H36N2O4S/c1-4-5-9-21-13-15-22(16-14-21)27-26(29)19-28(23-10-7-6-8-11-23)33(30,31)25-18-20(2)12-17-24(25)32-3/h12-18,23H,4-11,19H2,1-3H3,(H,27,29). The summed E-state index contributed by atoms with van der Waals surface area (Å²) in [5.41, 5.74) is 2.73. The molecule has 7 heteroatoms. The molecule has 1 fully saturated rings. The fourth-order valence-electron chi connectivity index (χ4n) is 4.37. The maximum Gasteiger partial charge on any atom is 0.247 e. The highest BCUT2D eigenvalue weighted by Crippen LogP contribution is 2.32. The van der Waals surface area contributed by atoms with Crippen molar-refractivity contribution in [2.45, 2.75) is 76.2 Å². The second-order valence-electron chi connectivity index (χ2n) is 8.85. The Balaban J connectivity index is 1.82. The minimum atomic E-state index is -3.92. The molecule has 0 atom stereocenters. The van der Waals surface area contributed by atoms with Crippen LogP contribution in [0.4, 0.5) is 5.69 Å². The largest absolute Gasteiger partial charge is 0.495 e. The second-order valence-corrected chi connectivity index (χ2v) is 10.7. The second kappa shape index (κ2) is 11.7. The van der Waals surface area contributed by atoms with Crippen LogP contribution in [0.15, 0.2) is 47.4 Å². The van der Waals surface area contributed by atoms with E-state index in [1.165, 1.54) is 17.0 Å². The summed E-state index contributed by atoms with van der Waals surface area (Å²) >= 11 is 0. The molecular formula is C26H36N2O4S. The Bertz CT molecular complexity index is 1030. The van der Waals surface area contributed by atoms with Gasteiger partial charge in [0.25, 0.3) is 0 Å². The molecule has 1 amide bonds. The number of nitrogens with one attached hydrogen (secondary N) is 1. The number of aryl methyl sites for hydroxylation is 2. The topological polar surface area (TPSA) is 75.7 Å². The third-order valence-electron chi connectivity index (χ3n) is 6.24. The molecule has 180 valence electrons. The predicted octanol–water partition coefficient (Wildman–Crippen LogP) is 5.31. The minimum absolute atomic E-state index is 0.114. The highest BCUT2D eigenvalue weighted by Gasteiger charge is 2.35. The molecular weight excluding hydrogens is 436 g/mol. The summed E-state index contributed by atoms with van der Waals surface area (Å²) in [7, 11) is -2.46. The average molecular weight is 473 g/mol. The molecule has 0 radical (unpaired) electrons. The number of rotatable bonds is 10. The SMILES string of the molecule is CCCCc1ccc(NC(=O)CN(C2CCCCC2)S(=O)(=O)c2cc(C)ccc2OC)cc1. The molecule has 0 bridgehead atoms. The minimum Gasteiger partial charge on any atom is -0.495 e. The van der Waals surface area contributed by atoms with Gasteiger partial charge in [-0.05, 0) is 68.0 Å². The zero-order valence-electron chi connectivity index (χ0n) is 20.0. The zero-order chi connectivity index (χ0) is 23.8. The van der Waals surface area contributed by atoms with Gasteiger partial charge in [-0.2, -0.15) is 4.31 Å². The van der Waals surface area contributed by atoms with Gasteiger partial charge in [-0.15, -0.1) is 0 Å². The fourth-order valence-corrected chi connectivity index (χ4v) is 6.25. The fraction of sp³-hybridized carbons (Fsp3) is 0.500. The molecule has 6 nitrogen and oxygen atoms in total. The molecule has 1 N–H and O–H groups in total. The zero-order valence-corrected chi connectivity index (χ0v) is 20.8. The Morgan fingerprint density at radius 3 is 2.42 bits per heavy atom. The van der Waals surface area contributed by atoms with Gasteiger partial charge in [0.2, 0.25) is 15.9 Å². The third kappa shape index (κ3) is 6.58. The van der Waals surface area contributed by atoms with Crippen LogP contribution in [0.2, 0.25) is 0 Å². The molecule has 0 aromatic heterocycles. The lowest BCUT2D eigenvalue weighted by Crippen LogP contribution is -2.45. The van der Waals surface area contributed by atoms with E-state index in [1.54, 1.807) is 12.1 Å². The van der Waals surface area contributed by atoms with Crippen LogP contribution >= 0.6 is 0 Å². The van der Waals surface area contributed by atoms with Gasteiger partial charge in [0.15, 0.2) is 0 Å². The first-order chi connectivity index (χ1) is 15.8. The number of benzene rings is 2. The maximum atomic E-state index is 13.8. The summed E-state index contributed by atoms with van der Waals surface area (Å²) < 4.78 is 34.3. The third-order valence-corrected chi connectivity index (χ3v) is 8.16. The van der Waals surface area contributed by atoms with Crippen LogP contribution in [0.5, 0.6) is 5.75 Å². The number of anilines is 1. The Morgan fingerprint density at radius 1 is 1.09 bits per heavy atom. The first-order valence-corrected chi connectivity index (χ1v) is 13.3. The van der Waals surface area contributed by atoms with Crippen molar-refractivity contribution in [3.05, 3.63) is 53.6 Å². The van der Waals surface area contributed by atoms with Crippen molar-refractivity contribution in [2.75, 3.05) is 19.0 Å². The number of ether oxygens (including phenoxy) is 1. The molecule has 0 unspecified atom stereocenters. The van der Waals surface area contributed by atoms with Crippen LogP contribution in [0.1, 0.15) is 63.0 Å². The van der Waals surface area contributed by atoms with E-state index < -0.39 is 10.0 Å². The summed E-state index contributed by atoms with van der Waals surface area (Å²) in [5, 5.41) is 2.88. The van der Waals surface area contributed by atoms with Crippen LogP contribution in [0.3, 0.4) is 0 Å². The Hall–Kier alpha value is -2.38. The van der Waals surface area contributed by atoms with Gasteiger partial charge in [0, 0.05) is 11.7 Å². The number of sulfonamides is 1. The lowest BCUT2D eigenvalue weighted by molar-refractivity contribution is -0.116. The smallest absolute Gasteiger partial charge is 0.247 e. The first-order valence-electron chi connectivity index (χ1n) is 11.9. The summed E-state index contributed by atoms with van der Waals surface area (Å²) in [6, 6.07) is 12.7. The molecule has 3 rings (SSSR count). The van der Waals surface area contributed by atoms with E-state index in [9.17, 15) is 13.2 Å². The first kappa shape index (κ1) is 25.2. The van der Waals surface area contributed by atoms with E-state index >= 15 is 0 Å². The van der Waals surface area contributed by atoms with Crippen molar-refractivity contribution in [1.82, 2.24) is 4.31 Å². The highest BCUT2D eigenvalue weighted by atomic mass is 32.2. The Kier molecular flexibility index (Phi) is 8.92. The molecule has 0 heterocycles. The van der Waals surface area contributed by atoms with Crippen LogP contribution < -0.4 is 10.1 Å². The van der Waals surface area contributed by atoms with Crippen molar-refractivity contribution >= 4 is 21.6 Å². The maximum absolute atomic E-state index is 13.8. The molecule has 2 aromatic carbocycles. The number of hydrogen-bond acceptors (Lipinski definition) is 4. The van der Waals surface area contributed by atoms with E-state index in [0.717, 1.165) is 56.9 Å². The molecule has 1 aliphatic carbocycles. The molecule has 2 aromatic rings. The molecule has 0 aliphatic heterocycles. The van der Waals surface area contributed by atoms with Crippen molar-refractivity contribution in [1.29, 1.82) is 0 Å². The molecule has 0 saturated heterocycles. The van der Waals surface area contributed by atoms with Gasteiger partial charge >= 0.3 is 0 Å². The number of carbonyl (C=O) groups is 1.